The van der Waals surface area contributed by atoms with Crippen molar-refractivity contribution in [1.29, 1.82) is 0 Å². The number of halogens is 1. The van der Waals surface area contributed by atoms with Gasteiger partial charge in [-0.25, -0.2) is 0 Å². The molecule has 0 saturated heterocycles. The van der Waals surface area contributed by atoms with Crippen molar-refractivity contribution in [2.24, 2.45) is 0 Å². The first-order valence-electron chi connectivity index (χ1n) is 3.49. The Morgan fingerprint density at radius 1 is 1.50 bits per heavy atom. The summed E-state index contributed by atoms with van der Waals surface area (Å²) in [5.41, 5.74) is 7.88. The van der Waals surface area contributed by atoms with Gasteiger partial charge in [-0.2, -0.15) is 0 Å². The number of nitrogens with zero attached hydrogens (tertiary/aromatic N) is 1. The third-order valence-electron chi connectivity index (χ3n) is 1.72. The zero-order valence-corrected chi connectivity index (χ0v) is 8.05. The van der Waals surface area contributed by atoms with E-state index in [-0.39, 0.29) is 0 Å². The fraction of sp³-hybridized carbons (Fsp3) is 0.125. The second kappa shape index (κ2) is 2.48. The maximum Gasteiger partial charge on any atom is 0.170 e. The van der Waals surface area contributed by atoms with Crippen LogP contribution < -0.4 is 5.73 Å². The number of rotatable bonds is 0. The van der Waals surface area contributed by atoms with E-state index in [1.165, 1.54) is 0 Å². The van der Waals surface area contributed by atoms with Crippen molar-refractivity contribution >= 4 is 32.6 Å². The highest BCUT2D eigenvalue weighted by Crippen LogP contribution is 2.29. The number of nitrogen functional groups attached to an aromatic ring is 1. The largest absolute Gasteiger partial charge is 0.399 e. The van der Waals surface area contributed by atoms with Crippen LogP contribution in [0.1, 0.15) is 5.69 Å². The summed E-state index contributed by atoms with van der Waals surface area (Å²) in [7, 11) is 0. The smallest absolute Gasteiger partial charge is 0.170 e. The number of anilines is 1. The van der Waals surface area contributed by atoms with Crippen LogP contribution in [0.5, 0.6) is 0 Å². The molecule has 62 valence electrons. The monoisotopic (exact) mass is 226 g/mol. The highest BCUT2D eigenvalue weighted by molar-refractivity contribution is 9.10. The lowest BCUT2D eigenvalue weighted by molar-refractivity contribution is 0.450. The second-order valence-corrected chi connectivity index (χ2v) is 3.50. The van der Waals surface area contributed by atoms with Gasteiger partial charge in [-0.1, -0.05) is 5.16 Å². The molecule has 1 aromatic carbocycles. The number of hydrogen-bond acceptors (Lipinski definition) is 3. The molecule has 0 amide bonds. The van der Waals surface area contributed by atoms with Gasteiger partial charge in [0, 0.05) is 16.2 Å². The minimum atomic E-state index is 0.672. The predicted octanol–water partition coefficient (Wildman–Crippen LogP) is 2.48. The van der Waals surface area contributed by atoms with Gasteiger partial charge in [0.15, 0.2) is 5.58 Å². The average molecular weight is 227 g/mol. The van der Waals surface area contributed by atoms with E-state index in [1.54, 1.807) is 6.07 Å². The minimum absolute atomic E-state index is 0.672. The van der Waals surface area contributed by atoms with Gasteiger partial charge in [-0.15, -0.1) is 0 Å². The molecule has 0 aliphatic heterocycles. The van der Waals surface area contributed by atoms with Crippen molar-refractivity contribution in [3.8, 4) is 0 Å². The van der Waals surface area contributed by atoms with Crippen LogP contribution >= 0.6 is 15.9 Å². The molecule has 0 spiro atoms. The maximum absolute atomic E-state index is 5.62. The van der Waals surface area contributed by atoms with Crippen LogP contribution in [-0.4, -0.2) is 5.16 Å². The highest BCUT2D eigenvalue weighted by Gasteiger charge is 2.08. The van der Waals surface area contributed by atoms with Crippen LogP contribution in [0.15, 0.2) is 21.1 Å². The van der Waals surface area contributed by atoms with Gasteiger partial charge in [0.25, 0.3) is 0 Å². The predicted molar refractivity (Wildman–Crippen MR) is 50.9 cm³/mol. The standard InChI is InChI=1S/C8H7BrN2O/c1-4-8-6(9)2-5(10)3-7(8)12-11-4/h2-3H,10H2,1H3. The molecule has 0 fully saturated rings. The Morgan fingerprint density at radius 3 is 3.00 bits per heavy atom. The van der Waals surface area contributed by atoms with Crippen LogP contribution in [0.4, 0.5) is 5.69 Å². The Balaban J connectivity index is 2.93. The number of hydrogen-bond donors (Lipinski definition) is 1. The molecule has 3 nitrogen and oxygen atoms in total. The van der Waals surface area contributed by atoms with Gasteiger partial charge in [0.05, 0.1) is 11.1 Å². The maximum atomic E-state index is 5.62. The molecule has 4 heteroatoms. The van der Waals surface area contributed by atoms with E-state index in [0.717, 1.165) is 21.1 Å². The van der Waals surface area contributed by atoms with E-state index >= 15 is 0 Å². The topological polar surface area (TPSA) is 52.0 Å². The summed E-state index contributed by atoms with van der Waals surface area (Å²) in [6.45, 7) is 1.90. The van der Waals surface area contributed by atoms with E-state index in [4.69, 9.17) is 10.3 Å². The number of fused-ring (bicyclic) bond motifs is 1. The lowest BCUT2D eigenvalue weighted by Gasteiger charge is -1.95. The van der Waals surface area contributed by atoms with E-state index < -0.39 is 0 Å². The van der Waals surface area contributed by atoms with Crippen molar-refractivity contribution < 1.29 is 4.52 Å². The fourth-order valence-corrected chi connectivity index (χ4v) is 1.93. The van der Waals surface area contributed by atoms with Crippen LogP contribution in [-0.2, 0) is 0 Å². The summed E-state index contributed by atoms with van der Waals surface area (Å²) >= 11 is 3.40. The summed E-state index contributed by atoms with van der Waals surface area (Å²) in [5, 5.41) is 4.83. The van der Waals surface area contributed by atoms with E-state index in [2.05, 4.69) is 21.1 Å². The minimum Gasteiger partial charge on any atom is -0.399 e. The summed E-state index contributed by atoms with van der Waals surface area (Å²) in [6.07, 6.45) is 0. The zero-order chi connectivity index (χ0) is 8.72. The Labute approximate surface area is 77.7 Å². The Bertz CT molecular complexity index is 436. The summed E-state index contributed by atoms with van der Waals surface area (Å²) in [4.78, 5) is 0. The molecule has 0 radical (unpaired) electrons. The molecular formula is C8H7BrN2O. The van der Waals surface area contributed by atoms with Gasteiger partial charge in [-0.05, 0) is 28.9 Å². The number of nitrogens with two attached hydrogens (primary N) is 1. The van der Waals surface area contributed by atoms with E-state index in [0.29, 0.717) is 5.69 Å². The molecule has 1 aromatic heterocycles. The van der Waals surface area contributed by atoms with Crippen molar-refractivity contribution in [3.63, 3.8) is 0 Å². The van der Waals surface area contributed by atoms with Crippen LogP contribution in [0, 0.1) is 6.92 Å². The van der Waals surface area contributed by atoms with E-state index in [9.17, 15) is 0 Å². The second-order valence-electron chi connectivity index (χ2n) is 2.64. The lowest BCUT2D eigenvalue weighted by Crippen LogP contribution is -1.83. The van der Waals surface area contributed by atoms with Gasteiger partial charge in [-0.3, -0.25) is 0 Å². The number of benzene rings is 1. The molecule has 12 heavy (non-hydrogen) atoms. The highest BCUT2D eigenvalue weighted by atomic mass is 79.9. The van der Waals surface area contributed by atoms with Crippen molar-refractivity contribution in [2.45, 2.75) is 6.92 Å². The lowest BCUT2D eigenvalue weighted by atomic mass is 10.2. The average Bonchev–Trinajstić information content (AvgIpc) is 2.31. The molecule has 0 aliphatic rings. The summed E-state index contributed by atoms with van der Waals surface area (Å²) < 4.78 is 5.98. The van der Waals surface area contributed by atoms with Crippen LogP contribution in [0.2, 0.25) is 0 Å². The first-order chi connectivity index (χ1) is 5.68. The quantitative estimate of drug-likeness (QED) is 0.703. The van der Waals surface area contributed by atoms with E-state index in [1.807, 2.05) is 13.0 Å². The summed E-state index contributed by atoms with van der Waals surface area (Å²) in [5.74, 6) is 0. The molecular weight excluding hydrogens is 220 g/mol. The molecule has 0 aliphatic carbocycles. The Hall–Kier alpha value is -1.03. The molecule has 1 heterocycles. The van der Waals surface area contributed by atoms with Crippen molar-refractivity contribution in [1.82, 2.24) is 5.16 Å². The zero-order valence-electron chi connectivity index (χ0n) is 6.47. The van der Waals surface area contributed by atoms with Gasteiger partial charge >= 0.3 is 0 Å². The fourth-order valence-electron chi connectivity index (χ4n) is 1.19. The Morgan fingerprint density at radius 2 is 2.25 bits per heavy atom. The van der Waals surface area contributed by atoms with Crippen LogP contribution in [0.25, 0.3) is 11.0 Å². The number of aryl methyl sites for hydroxylation is 1. The molecule has 0 bridgehead atoms. The molecule has 0 unspecified atom stereocenters. The third kappa shape index (κ3) is 0.992. The van der Waals surface area contributed by atoms with Gasteiger partial charge < -0.3 is 10.3 Å². The molecule has 2 aromatic rings. The molecule has 2 N–H and O–H groups in total. The molecule has 0 saturated carbocycles. The Kier molecular flexibility index (Phi) is 1.58. The van der Waals surface area contributed by atoms with Crippen molar-refractivity contribution in [3.05, 3.63) is 22.3 Å². The van der Waals surface area contributed by atoms with Gasteiger partial charge in [0.2, 0.25) is 0 Å². The van der Waals surface area contributed by atoms with Crippen molar-refractivity contribution in [2.75, 3.05) is 5.73 Å². The number of aromatic nitrogens is 1. The molecule has 0 atom stereocenters. The SMILES string of the molecule is Cc1noc2cc(N)cc(Br)c12. The first kappa shape index (κ1) is 7.61. The van der Waals surface area contributed by atoms with Gasteiger partial charge in [0.1, 0.15) is 0 Å². The first-order valence-corrected chi connectivity index (χ1v) is 4.29. The normalized spacial score (nSPS) is 10.8. The summed E-state index contributed by atoms with van der Waals surface area (Å²) in [6, 6.07) is 3.60. The molecule has 2 rings (SSSR count). The third-order valence-corrected chi connectivity index (χ3v) is 2.34. The van der Waals surface area contributed by atoms with Crippen LogP contribution in [0.3, 0.4) is 0 Å².